The Kier molecular flexibility index (Phi) is 3.88. The highest BCUT2D eigenvalue weighted by Crippen LogP contribution is 2.25. The SMILES string of the molecule is Cc1c(Cc2cccc([N+](=O)[O-])c2)c(=O)oc2ccc(Cl)cc12. The molecule has 0 atom stereocenters. The smallest absolute Gasteiger partial charge is 0.340 e. The van der Waals surface area contributed by atoms with Crippen molar-refractivity contribution in [3.8, 4) is 0 Å². The zero-order valence-corrected chi connectivity index (χ0v) is 13.0. The second-order valence-electron chi connectivity index (χ2n) is 5.24. The van der Waals surface area contributed by atoms with Crippen LogP contribution in [0.3, 0.4) is 0 Å². The number of aryl methyl sites for hydroxylation is 1. The van der Waals surface area contributed by atoms with Crippen molar-refractivity contribution in [2.75, 3.05) is 0 Å². The number of hydrogen-bond acceptors (Lipinski definition) is 4. The summed E-state index contributed by atoms with van der Waals surface area (Å²) >= 11 is 6.00. The molecular formula is C17H12ClNO4. The second-order valence-corrected chi connectivity index (χ2v) is 5.67. The molecule has 0 aliphatic rings. The number of nitrogens with zero attached hydrogens (tertiary/aromatic N) is 1. The minimum atomic E-state index is -0.459. The molecule has 116 valence electrons. The van der Waals surface area contributed by atoms with Gasteiger partial charge in [-0.2, -0.15) is 0 Å². The number of rotatable bonds is 3. The molecular weight excluding hydrogens is 318 g/mol. The largest absolute Gasteiger partial charge is 0.423 e. The molecule has 2 aromatic carbocycles. The van der Waals surface area contributed by atoms with E-state index in [0.717, 1.165) is 10.9 Å². The first-order chi connectivity index (χ1) is 11.0. The Morgan fingerprint density at radius 2 is 2.00 bits per heavy atom. The predicted octanol–water partition coefficient (Wildman–Crippen LogP) is 4.25. The Balaban J connectivity index is 2.11. The lowest BCUT2D eigenvalue weighted by Gasteiger charge is -2.08. The van der Waals surface area contributed by atoms with Crippen molar-refractivity contribution in [3.05, 3.63) is 84.7 Å². The van der Waals surface area contributed by atoms with Crippen molar-refractivity contribution in [1.29, 1.82) is 0 Å². The van der Waals surface area contributed by atoms with Gasteiger partial charge in [0.15, 0.2) is 0 Å². The number of nitro benzene ring substituents is 1. The standard InChI is InChI=1S/C17H12ClNO4/c1-10-14-9-12(18)5-6-16(14)23-17(20)15(10)8-11-3-2-4-13(7-11)19(21)22/h2-7,9H,8H2,1H3. The number of nitro groups is 1. The summed E-state index contributed by atoms with van der Waals surface area (Å²) in [6.07, 6.45) is 0.262. The molecule has 0 radical (unpaired) electrons. The van der Waals surface area contributed by atoms with Crippen LogP contribution in [0.15, 0.2) is 51.7 Å². The van der Waals surface area contributed by atoms with Crippen LogP contribution >= 0.6 is 11.6 Å². The van der Waals surface area contributed by atoms with Crippen molar-refractivity contribution >= 4 is 28.3 Å². The summed E-state index contributed by atoms with van der Waals surface area (Å²) in [4.78, 5) is 22.6. The Bertz CT molecular complexity index is 978. The topological polar surface area (TPSA) is 73.3 Å². The highest BCUT2D eigenvalue weighted by Gasteiger charge is 2.14. The minimum Gasteiger partial charge on any atom is -0.423 e. The minimum absolute atomic E-state index is 0.00613. The number of fused-ring (bicyclic) bond motifs is 1. The van der Waals surface area contributed by atoms with E-state index < -0.39 is 10.5 Å². The summed E-state index contributed by atoms with van der Waals surface area (Å²) in [6.45, 7) is 1.82. The molecule has 23 heavy (non-hydrogen) atoms. The molecule has 0 bridgehead atoms. The molecule has 0 aliphatic carbocycles. The van der Waals surface area contributed by atoms with Crippen LogP contribution in [-0.4, -0.2) is 4.92 Å². The number of non-ortho nitro benzene ring substituents is 1. The fraction of sp³-hybridized carbons (Fsp3) is 0.118. The van der Waals surface area contributed by atoms with E-state index >= 15 is 0 Å². The van der Waals surface area contributed by atoms with Gasteiger partial charge in [0.25, 0.3) is 5.69 Å². The van der Waals surface area contributed by atoms with E-state index in [1.807, 2.05) is 6.92 Å². The molecule has 1 aromatic heterocycles. The molecule has 0 saturated carbocycles. The summed E-state index contributed by atoms with van der Waals surface area (Å²) < 4.78 is 5.33. The molecule has 0 spiro atoms. The van der Waals surface area contributed by atoms with Gasteiger partial charge in [-0.1, -0.05) is 23.7 Å². The number of benzene rings is 2. The maximum Gasteiger partial charge on any atom is 0.340 e. The molecule has 0 amide bonds. The van der Waals surface area contributed by atoms with Crippen molar-refractivity contribution in [1.82, 2.24) is 0 Å². The van der Waals surface area contributed by atoms with Crippen LogP contribution in [0.25, 0.3) is 11.0 Å². The molecule has 1 heterocycles. The van der Waals surface area contributed by atoms with Gasteiger partial charge in [0.1, 0.15) is 5.58 Å². The Morgan fingerprint density at radius 1 is 1.22 bits per heavy atom. The highest BCUT2D eigenvalue weighted by molar-refractivity contribution is 6.31. The van der Waals surface area contributed by atoms with Crippen molar-refractivity contribution in [2.24, 2.45) is 0 Å². The Labute approximate surface area is 136 Å². The van der Waals surface area contributed by atoms with Crippen LogP contribution in [-0.2, 0) is 6.42 Å². The average Bonchev–Trinajstić information content (AvgIpc) is 2.52. The molecule has 3 rings (SSSR count). The van der Waals surface area contributed by atoms with Gasteiger partial charge in [-0.25, -0.2) is 4.79 Å². The van der Waals surface area contributed by atoms with E-state index in [-0.39, 0.29) is 12.1 Å². The maximum atomic E-state index is 12.2. The van der Waals surface area contributed by atoms with Crippen LogP contribution in [0.2, 0.25) is 5.02 Å². The van der Waals surface area contributed by atoms with Gasteiger partial charge in [0.05, 0.1) is 4.92 Å². The first-order valence-corrected chi connectivity index (χ1v) is 7.28. The van der Waals surface area contributed by atoms with E-state index in [9.17, 15) is 14.9 Å². The van der Waals surface area contributed by atoms with Crippen LogP contribution in [0.1, 0.15) is 16.7 Å². The lowest BCUT2D eigenvalue weighted by molar-refractivity contribution is -0.384. The van der Waals surface area contributed by atoms with Gasteiger partial charge < -0.3 is 4.42 Å². The predicted molar refractivity (Wildman–Crippen MR) is 88.1 cm³/mol. The number of halogens is 1. The van der Waals surface area contributed by atoms with Gasteiger partial charge in [-0.3, -0.25) is 10.1 Å². The zero-order valence-electron chi connectivity index (χ0n) is 12.2. The Hall–Kier alpha value is -2.66. The van der Waals surface area contributed by atoms with Gasteiger partial charge in [0, 0.05) is 34.5 Å². The average molecular weight is 330 g/mol. The van der Waals surface area contributed by atoms with Gasteiger partial charge in [-0.15, -0.1) is 0 Å². The molecule has 0 N–H and O–H groups in total. The van der Waals surface area contributed by atoms with Gasteiger partial charge in [0.2, 0.25) is 0 Å². The van der Waals surface area contributed by atoms with Crippen LogP contribution < -0.4 is 5.63 Å². The highest BCUT2D eigenvalue weighted by atomic mass is 35.5. The third-order valence-electron chi connectivity index (χ3n) is 3.75. The summed E-state index contributed by atoms with van der Waals surface area (Å²) in [7, 11) is 0. The molecule has 5 nitrogen and oxygen atoms in total. The Morgan fingerprint density at radius 3 is 2.74 bits per heavy atom. The van der Waals surface area contributed by atoms with E-state index in [1.54, 1.807) is 30.3 Å². The third kappa shape index (κ3) is 2.96. The van der Waals surface area contributed by atoms with E-state index in [0.29, 0.717) is 21.7 Å². The molecule has 0 unspecified atom stereocenters. The van der Waals surface area contributed by atoms with Crippen molar-refractivity contribution < 1.29 is 9.34 Å². The van der Waals surface area contributed by atoms with E-state index in [4.69, 9.17) is 16.0 Å². The fourth-order valence-corrected chi connectivity index (χ4v) is 2.72. The van der Waals surface area contributed by atoms with Crippen molar-refractivity contribution in [3.63, 3.8) is 0 Å². The van der Waals surface area contributed by atoms with E-state index in [1.165, 1.54) is 12.1 Å². The molecule has 0 aliphatic heterocycles. The first-order valence-electron chi connectivity index (χ1n) is 6.91. The lowest BCUT2D eigenvalue weighted by atomic mass is 9.99. The van der Waals surface area contributed by atoms with Gasteiger partial charge >= 0.3 is 5.63 Å². The molecule has 0 fully saturated rings. The van der Waals surface area contributed by atoms with Crippen molar-refractivity contribution in [2.45, 2.75) is 13.3 Å². The zero-order chi connectivity index (χ0) is 16.6. The maximum absolute atomic E-state index is 12.2. The number of hydrogen-bond donors (Lipinski definition) is 0. The first kappa shape index (κ1) is 15.2. The lowest BCUT2D eigenvalue weighted by Crippen LogP contribution is -2.11. The summed E-state index contributed by atoms with van der Waals surface area (Å²) in [6, 6.07) is 11.3. The molecule has 3 aromatic rings. The summed E-state index contributed by atoms with van der Waals surface area (Å²) in [5, 5.41) is 12.2. The van der Waals surface area contributed by atoms with Crippen LogP contribution in [0.4, 0.5) is 5.69 Å². The van der Waals surface area contributed by atoms with Gasteiger partial charge in [-0.05, 0) is 36.2 Å². The summed E-state index contributed by atoms with van der Waals surface area (Å²) in [5.41, 5.74) is 1.94. The van der Waals surface area contributed by atoms with Crippen LogP contribution in [0, 0.1) is 17.0 Å². The fourth-order valence-electron chi connectivity index (χ4n) is 2.55. The second kappa shape index (κ2) is 5.85. The normalized spacial score (nSPS) is 10.9. The van der Waals surface area contributed by atoms with Crippen LogP contribution in [0.5, 0.6) is 0 Å². The summed E-state index contributed by atoms with van der Waals surface area (Å²) in [5.74, 6) is 0. The molecule has 0 saturated heterocycles. The van der Waals surface area contributed by atoms with E-state index in [2.05, 4.69) is 0 Å². The quantitative estimate of drug-likeness (QED) is 0.409. The monoisotopic (exact) mass is 329 g/mol. The molecule has 6 heteroatoms. The third-order valence-corrected chi connectivity index (χ3v) is 3.98.